The van der Waals surface area contributed by atoms with Crippen molar-refractivity contribution in [2.75, 3.05) is 7.05 Å². The van der Waals surface area contributed by atoms with Gasteiger partial charge in [-0.25, -0.2) is 4.68 Å². The summed E-state index contributed by atoms with van der Waals surface area (Å²) in [6, 6.07) is 8.01. The molecule has 1 atom stereocenters. The first-order valence-corrected chi connectivity index (χ1v) is 5.21. The lowest BCUT2D eigenvalue weighted by Gasteiger charge is -2.20. The minimum atomic E-state index is 0.192. The maximum Gasteiger partial charge on any atom is 0.113 e. The Morgan fingerprint density at radius 2 is 2.00 bits per heavy atom. The molecule has 80 valence electrons. The smallest absolute Gasteiger partial charge is 0.113 e. The van der Waals surface area contributed by atoms with E-state index in [-0.39, 0.29) is 6.17 Å². The van der Waals surface area contributed by atoms with E-state index in [0.717, 1.165) is 11.0 Å². The van der Waals surface area contributed by atoms with Gasteiger partial charge in [0.15, 0.2) is 0 Å². The van der Waals surface area contributed by atoms with Crippen molar-refractivity contribution < 1.29 is 0 Å². The monoisotopic (exact) mass is 204 g/mol. The number of rotatable bonds is 3. The fourth-order valence-electron chi connectivity index (χ4n) is 1.83. The molecule has 0 bridgehead atoms. The van der Waals surface area contributed by atoms with Crippen molar-refractivity contribution in [2.45, 2.75) is 20.0 Å². The zero-order chi connectivity index (χ0) is 10.8. The maximum absolute atomic E-state index is 4.19. The Hall–Kier alpha value is -1.42. The third-order valence-electron chi connectivity index (χ3n) is 2.57. The number of hydrogen-bond donors (Lipinski definition) is 1. The molecule has 0 aliphatic rings. The van der Waals surface area contributed by atoms with E-state index in [1.807, 2.05) is 36.0 Å². The van der Waals surface area contributed by atoms with Gasteiger partial charge in [0.2, 0.25) is 0 Å². The van der Waals surface area contributed by atoms with Crippen molar-refractivity contribution in [3.63, 3.8) is 0 Å². The molecule has 1 N–H and O–H groups in total. The second-order valence-corrected chi connectivity index (χ2v) is 4.00. The molecule has 0 aliphatic heterocycles. The summed E-state index contributed by atoms with van der Waals surface area (Å²) in [5, 5.41) is 11.6. The lowest BCUT2D eigenvalue weighted by molar-refractivity contribution is 0.305. The molecule has 4 heteroatoms. The molecule has 15 heavy (non-hydrogen) atoms. The average molecular weight is 204 g/mol. The summed E-state index contributed by atoms with van der Waals surface area (Å²) in [6.45, 7) is 4.33. The molecule has 1 aromatic carbocycles. The van der Waals surface area contributed by atoms with Gasteiger partial charge >= 0.3 is 0 Å². The van der Waals surface area contributed by atoms with Gasteiger partial charge in [0.05, 0.1) is 5.52 Å². The minimum Gasteiger partial charge on any atom is -0.299 e. The molecule has 1 aromatic heterocycles. The van der Waals surface area contributed by atoms with Crippen molar-refractivity contribution in [1.82, 2.24) is 20.3 Å². The molecule has 0 fully saturated rings. The Morgan fingerprint density at radius 3 is 2.67 bits per heavy atom. The quantitative estimate of drug-likeness (QED) is 0.829. The molecule has 2 aromatic rings. The number of fused-ring (bicyclic) bond motifs is 1. The van der Waals surface area contributed by atoms with Crippen LogP contribution in [0.15, 0.2) is 24.3 Å². The summed E-state index contributed by atoms with van der Waals surface area (Å²) in [5.74, 6) is 0.472. The first-order valence-electron chi connectivity index (χ1n) is 5.21. The predicted molar refractivity (Wildman–Crippen MR) is 60.5 cm³/mol. The third-order valence-corrected chi connectivity index (χ3v) is 2.57. The van der Waals surface area contributed by atoms with Gasteiger partial charge in [-0.2, -0.15) is 0 Å². The van der Waals surface area contributed by atoms with Gasteiger partial charge in [0, 0.05) is 0 Å². The second kappa shape index (κ2) is 3.98. The highest BCUT2D eigenvalue weighted by atomic mass is 15.5. The van der Waals surface area contributed by atoms with Crippen LogP contribution >= 0.6 is 0 Å². The number of hydrogen-bond acceptors (Lipinski definition) is 3. The number of benzene rings is 1. The Kier molecular flexibility index (Phi) is 2.68. The maximum atomic E-state index is 4.19. The van der Waals surface area contributed by atoms with Crippen LogP contribution in [0.25, 0.3) is 11.0 Å². The van der Waals surface area contributed by atoms with E-state index in [9.17, 15) is 0 Å². The van der Waals surface area contributed by atoms with E-state index < -0.39 is 0 Å². The minimum absolute atomic E-state index is 0.192. The summed E-state index contributed by atoms with van der Waals surface area (Å²) in [7, 11) is 1.95. The van der Waals surface area contributed by atoms with Gasteiger partial charge in [-0.1, -0.05) is 31.2 Å². The SMILES string of the molecule is CNC(C(C)C)n1nnc2ccccc21. The van der Waals surface area contributed by atoms with Crippen molar-refractivity contribution in [1.29, 1.82) is 0 Å². The molecule has 0 saturated heterocycles. The van der Waals surface area contributed by atoms with Crippen LogP contribution in [0.5, 0.6) is 0 Å². The van der Waals surface area contributed by atoms with Gasteiger partial charge in [0.25, 0.3) is 0 Å². The lowest BCUT2D eigenvalue weighted by atomic mass is 10.1. The zero-order valence-electron chi connectivity index (χ0n) is 9.31. The Bertz CT molecular complexity index is 447. The number of para-hydroxylation sites is 1. The van der Waals surface area contributed by atoms with Crippen LogP contribution in [-0.4, -0.2) is 22.0 Å². The van der Waals surface area contributed by atoms with Gasteiger partial charge in [-0.05, 0) is 25.1 Å². The molecule has 0 radical (unpaired) electrons. The highest BCUT2D eigenvalue weighted by Crippen LogP contribution is 2.18. The molecular formula is C11H16N4. The molecule has 2 rings (SSSR count). The average Bonchev–Trinajstić information content (AvgIpc) is 2.63. The summed E-state index contributed by atoms with van der Waals surface area (Å²) < 4.78 is 1.94. The van der Waals surface area contributed by atoms with Crippen LogP contribution in [0.4, 0.5) is 0 Å². The van der Waals surface area contributed by atoms with E-state index in [0.29, 0.717) is 5.92 Å². The molecule has 0 spiro atoms. The van der Waals surface area contributed by atoms with E-state index in [1.54, 1.807) is 0 Å². The van der Waals surface area contributed by atoms with Gasteiger partial charge in [0.1, 0.15) is 11.7 Å². The number of nitrogens with one attached hydrogen (secondary N) is 1. The van der Waals surface area contributed by atoms with Gasteiger partial charge in [-0.3, -0.25) is 5.32 Å². The van der Waals surface area contributed by atoms with E-state index in [4.69, 9.17) is 0 Å². The number of nitrogens with zero attached hydrogens (tertiary/aromatic N) is 3. The molecule has 0 saturated carbocycles. The topological polar surface area (TPSA) is 42.7 Å². The van der Waals surface area contributed by atoms with Crippen LogP contribution in [0, 0.1) is 5.92 Å². The Labute approximate surface area is 89.3 Å². The second-order valence-electron chi connectivity index (χ2n) is 4.00. The largest absolute Gasteiger partial charge is 0.299 e. The first kappa shape index (κ1) is 10.1. The van der Waals surface area contributed by atoms with Crippen molar-refractivity contribution in [3.05, 3.63) is 24.3 Å². The summed E-state index contributed by atoms with van der Waals surface area (Å²) in [5.41, 5.74) is 2.02. The van der Waals surface area contributed by atoms with Gasteiger partial charge < -0.3 is 0 Å². The summed E-state index contributed by atoms with van der Waals surface area (Å²) in [6.07, 6.45) is 0.192. The summed E-state index contributed by atoms with van der Waals surface area (Å²) in [4.78, 5) is 0. The van der Waals surface area contributed by atoms with Crippen molar-refractivity contribution in [3.8, 4) is 0 Å². The van der Waals surface area contributed by atoms with Crippen LogP contribution in [-0.2, 0) is 0 Å². The predicted octanol–water partition coefficient (Wildman–Crippen LogP) is 1.81. The third kappa shape index (κ3) is 1.72. The van der Waals surface area contributed by atoms with Gasteiger partial charge in [-0.15, -0.1) is 5.10 Å². The zero-order valence-corrected chi connectivity index (χ0v) is 9.31. The molecule has 1 unspecified atom stereocenters. The van der Waals surface area contributed by atoms with Crippen LogP contribution in [0.1, 0.15) is 20.0 Å². The van der Waals surface area contributed by atoms with Crippen molar-refractivity contribution in [2.24, 2.45) is 5.92 Å². The standard InChI is InChI=1S/C11H16N4/c1-8(2)11(12-3)15-10-7-5-4-6-9(10)13-14-15/h4-8,11-12H,1-3H3. The van der Waals surface area contributed by atoms with E-state index in [1.165, 1.54) is 0 Å². The molecular weight excluding hydrogens is 188 g/mol. The van der Waals surface area contributed by atoms with Crippen LogP contribution in [0.2, 0.25) is 0 Å². The first-order chi connectivity index (χ1) is 7.24. The van der Waals surface area contributed by atoms with E-state index in [2.05, 4.69) is 29.5 Å². The fourth-order valence-corrected chi connectivity index (χ4v) is 1.83. The van der Waals surface area contributed by atoms with E-state index >= 15 is 0 Å². The Balaban J connectivity index is 2.51. The van der Waals surface area contributed by atoms with Crippen LogP contribution in [0.3, 0.4) is 0 Å². The molecule has 0 amide bonds. The molecule has 0 aliphatic carbocycles. The highest BCUT2D eigenvalue weighted by molar-refractivity contribution is 5.73. The highest BCUT2D eigenvalue weighted by Gasteiger charge is 2.16. The summed E-state index contributed by atoms with van der Waals surface area (Å²) >= 11 is 0. The Morgan fingerprint density at radius 1 is 1.27 bits per heavy atom. The molecule has 4 nitrogen and oxygen atoms in total. The van der Waals surface area contributed by atoms with Crippen LogP contribution < -0.4 is 5.32 Å². The fraction of sp³-hybridized carbons (Fsp3) is 0.455. The normalized spacial score (nSPS) is 13.6. The number of aromatic nitrogens is 3. The molecule has 1 heterocycles. The lowest BCUT2D eigenvalue weighted by Crippen LogP contribution is -2.28. The van der Waals surface area contributed by atoms with Crippen molar-refractivity contribution >= 4 is 11.0 Å².